The first-order chi connectivity index (χ1) is 12.4. The van der Waals surface area contributed by atoms with E-state index in [4.69, 9.17) is 9.47 Å². The van der Waals surface area contributed by atoms with E-state index in [1.54, 1.807) is 0 Å². The fourth-order valence-corrected chi connectivity index (χ4v) is 2.58. The van der Waals surface area contributed by atoms with Crippen LogP contribution in [0.2, 0.25) is 0 Å². The Kier molecular flexibility index (Phi) is 13.3. The third-order valence-electron chi connectivity index (χ3n) is 3.96. The molecule has 0 aromatic heterocycles. The largest absolute Gasteiger partial charge is 0.462 e. The summed E-state index contributed by atoms with van der Waals surface area (Å²) in [4.78, 5) is 25.1. The fraction of sp³-hybridized carbons (Fsp3) is 0.636. The summed E-state index contributed by atoms with van der Waals surface area (Å²) in [5, 5.41) is 0. The van der Waals surface area contributed by atoms with Gasteiger partial charge in [0.1, 0.15) is 0 Å². The highest BCUT2D eigenvalue weighted by Crippen LogP contribution is 2.24. The van der Waals surface area contributed by atoms with Crippen molar-refractivity contribution in [2.45, 2.75) is 66.2 Å². The van der Waals surface area contributed by atoms with Crippen LogP contribution in [0.25, 0.3) is 0 Å². The minimum absolute atomic E-state index is 0.110. The topological polar surface area (TPSA) is 52.6 Å². The molecule has 0 N–H and O–H groups in total. The highest BCUT2D eigenvalue weighted by Gasteiger charge is 2.27. The maximum atomic E-state index is 12.6. The number of carbonyl (C=O) groups excluding carboxylic acids is 2. The number of ether oxygens (including phenoxy) is 2. The predicted octanol–water partition coefficient (Wildman–Crippen LogP) is 5.39. The van der Waals surface area contributed by atoms with E-state index in [1.807, 2.05) is 39.8 Å². The molecule has 0 heterocycles. The highest BCUT2D eigenvalue weighted by molar-refractivity contribution is 6.01. The van der Waals surface area contributed by atoms with Crippen molar-refractivity contribution in [3.63, 3.8) is 0 Å². The summed E-state index contributed by atoms with van der Waals surface area (Å²) in [5.74, 6) is -1.04. The molecule has 0 bridgehead atoms. The molecule has 0 radical (unpaired) electrons. The number of esters is 2. The molecule has 0 aromatic rings. The fourth-order valence-electron chi connectivity index (χ4n) is 2.58. The van der Waals surface area contributed by atoms with Gasteiger partial charge in [0, 0.05) is 0 Å². The first-order valence-electron chi connectivity index (χ1n) is 9.66. The highest BCUT2D eigenvalue weighted by atomic mass is 16.5. The standard InChI is InChI=1S/C22H36O4/c1-7-9-11-13-15-25-21(23)19(17(3)4)20(18(5)6)22(24)26-16-14-12-10-8-2/h7-8,17-18H,1-2,9-16H2,3-6H3/b20-19-. The van der Waals surface area contributed by atoms with Crippen LogP contribution in [0.1, 0.15) is 66.2 Å². The maximum absolute atomic E-state index is 12.6. The van der Waals surface area contributed by atoms with Crippen LogP contribution in [-0.2, 0) is 19.1 Å². The Morgan fingerprint density at radius 2 is 1.08 bits per heavy atom. The summed E-state index contributed by atoms with van der Waals surface area (Å²) < 4.78 is 10.8. The van der Waals surface area contributed by atoms with E-state index < -0.39 is 11.9 Å². The molecule has 0 spiro atoms. The second-order valence-electron chi connectivity index (χ2n) is 6.98. The van der Waals surface area contributed by atoms with Crippen LogP contribution in [0.3, 0.4) is 0 Å². The molecule has 26 heavy (non-hydrogen) atoms. The Morgan fingerprint density at radius 1 is 0.731 bits per heavy atom. The molecule has 0 aliphatic carbocycles. The number of unbranched alkanes of at least 4 members (excludes halogenated alkanes) is 4. The minimum Gasteiger partial charge on any atom is -0.462 e. The second-order valence-corrected chi connectivity index (χ2v) is 6.98. The van der Waals surface area contributed by atoms with Gasteiger partial charge in [-0.3, -0.25) is 0 Å². The number of carbonyl (C=O) groups is 2. The zero-order valence-electron chi connectivity index (χ0n) is 17.0. The third kappa shape index (κ3) is 9.59. The van der Waals surface area contributed by atoms with Crippen LogP contribution in [0.5, 0.6) is 0 Å². The number of rotatable bonds is 14. The van der Waals surface area contributed by atoms with Gasteiger partial charge < -0.3 is 9.47 Å². The van der Waals surface area contributed by atoms with Gasteiger partial charge in [-0.15, -0.1) is 13.2 Å². The first-order valence-corrected chi connectivity index (χ1v) is 9.66. The lowest BCUT2D eigenvalue weighted by atomic mass is 9.90. The summed E-state index contributed by atoms with van der Waals surface area (Å²) in [6.07, 6.45) is 8.94. The number of hydrogen-bond acceptors (Lipinski definition) is 4. The van der Waals surface area contributed by atoms with Gasteiger partial charge in [0.2, 0.25) is 0 Å². The molecular weight excluding hydrogens is 328 g/mol. The van der Waals surface area contributed by atoms with Gasteiger partial charge in [0.15, 0.2) is 0 Å². The Hall–Kier alpha value is -1.84. The molecule has 4 heteroatoms. The molecule has 0 unspecified atom stereocenters. The van der Waals surface area contributed by atoms with Crippen molar-refractivity contribution in [2.24, 2.45) is 11.8 Å². The molecule has 0 fully saturated rings. The van der Waals surface area contributed by atoms with Crippen LogP contribution >= 0.6 is 0 Å². The number of hydrogen-bond donors (Lipinski definition) is 0. The van der Waals surface area contributed by atoms with Crippen molar-refractivity contribution in [2.75, 3.05) is 13.2 Å². The molecule has 0 atom stereocenters. The molecule has 0 amide bonds. The summed E-state index contributed by atoms with van der Waals surface area (Å²) >= 11 is 0. The summed E-state index contributed by atoms with van der Waals surface area (Å²) in [5.41, 5.74) is 0.861. The van der Waals surface area contributed by atoms with Crippen molar-refractivity contribution < 1.29 is 19.1 Å². The molecule has 0 saturated carbocycles. The molecule has 0 aliphatic rings. The Balaban J connectivity index is 5.03. The van der Waals surface area contributed by atoms with E-state index in [0.29, 0.717) is 24.4 Å². The van der Waals surface area contributed by atoms with Gasteiger partial charge in [0.05, 0.1) is 24.4 Å². The normalized spacial score (nSPS) is 11.9. The van der Waals surface area contributed by atoms with Crippen LogP contribution in [0.4, 0.5) is 0 Å². The van der Waals surface area contributed by atoms with Crippen LogP contribution in [0, 0.1) is 11.8 Å². The number of allylic oxidation sites excluding steroid dienone is 2. The lowest BCUT2D eigenvalue weighted by Crippen LogP contribution is -2.23. The second kappa shape index (κ2) is 14.3. The monoisotopic (exact) mass is 364 g/mol. The minimum atomic E-state index is -0.411. The lowest BCUT2D eigenvalue weighted by Gasteiger charge is -2.19. The zero-order chi connectivity index (χ0) is 19.9. The zero-order valence-corrected chi connectivity index (χ0v) is 17.0. The molecule has 0 rings (SSSR count). The van der Waals surface area contributed by atoms with E-state index in [-0.39, 0.29) is 11.8 Å². The van der Waals surface area contributed by atoms with Crippen molar-refractivity contribution in [3.8, 4) is 0 Å². The van der Waals surface area contributed by atoms with Crippen LogP contribution in [0.15, 0.2) is 36.5 Å². The van der Waals surface area contributed by atoms with E-state index in [0.717, 1.165) is 38.5 Å². The van der Waals surface area contributed by atoms with Gasteiger partial charge in [-0.2, -0.15) is 0 Å². The molecular formula is C22H36O4. The van der Waals surface area contributed by atoms with Crippen molar-refractivity contribution in [1.82, 2.24) is 0 Å². The van der Waals surface area contributed by atoms with Gasteiger partial charge in [-0.25, -0.2) is 9.59 Å². The molecule has 148 valence electrons. The average Bonchev–Trinajstić information content (AvgIpc) is 2.58. The lowest BCUT2D eigenvalue weighted by molar-refractivity contribution is -0.143. The summed E-state index contributed by atoms with van der Waals surface area (Å²) in [6.45, 7) is 15.6. The van der Waals surface area contributed by atoms with Crippen molar-refractivity contribution in [1.29, 1.82) is 0 Å². The van der Waals surface area contributed by atoms with Gasteiger partial charge >= 0.3 is 11.9 Å². The summed E-state index contributed by atoms with van der Waals surface area (Å²) in [6, 6.07) is 0. The van der Waals surface area contributed by atoms with E-state index in [2.05, 4.69) is 13.2 Å². The maximum Gasteiger partial charge on any atom is 0.334 e. The third-order valence-corrected chi connectivity index (χ3v) is 3.96. The van der Waals surface area contributed by atoms with Crippen molar-refractivity contribution in [3.05, 3.63) is 36.5 Å². The Bertz CT molecular complexity index is 442. The van der Waals surface area contributed by atoms with E-state index in [1.165, 1.54) is 0 Å². The SMILES string of the molecule is C=CCCCCOC(=O)/C(=C(\C(=O)OCCCCC=C)C(C)C)C(C)C. The molecule has 0 saturated heterocycles. The first kappa shape index (κ1) is 24.2. The summed E-state index contributed by atoms with van der Waals surface area (Å²) in [7, 11) is 0. The van der Waals surface area contributed by atoms with E-state index in [9.17, 15) is 9.59 Å². The van der Waals surface area contributed by atoms with Gasteiger partial charge in [0.25, 0.3) is 0 Å². The van der Waals surface area contributed by atoms with Crippen LogP contribution < -0.4 is 0 Å². The van der Waals surface area contributed by atoms with Gasteiger partial charge in [-0.1, -0.05) is 39.8 Å². The van der Waals surface area contributed by atoms with E-state index >= 15 is 0 Å². The molecule has 4 nitrogen and oxygen atoms in total. The smallest absolute Gasteiger partial charge is 0.334 e. The Morgan fingerprint density at radius 3 is 1.35 bits per heavy atom. The predicted molar refractivity (Wildman–Crippen MR) is 107 cm³/mol. The Labute approximate surface area is 159 Å². The van der Waals surface area contributed by atoms with Crippen LogP contribution in [-0.4, -0.2) is 25.2 Å². The quantitative estimate of drug-likeness (QED) is 0.179. The van der Waals surface area contributed by atoms with Crippen molar-refractivity contribution >= 4 is 11.9 Å². The average molecular weight is 365 g/mol. The molecule has 0 aliphatic heterocycles. The molecule has 0 aromatic carbocycles. The van der Waals surface area contributed by atoms with Gasteiger partial charge in [-0.05, 0) is 50.4 Å².